The molecule has 15 atom stereocenters. The van der Waals surface area contributed by atoms with E-state index in [1.165, 1.54) is 6.07 Å². The van der Waals surface area contributed by atoms with Crippen LogP contribution in [0.3, 0.4) is 0 Å². The van der Waals surface area contributed by atoms with Crippen LogP contribution in [0.4, 0.5) is 11.4 Å². The average molecular weight is 1170 g/mol. The number of anilines is 2. The zero-order chi connectivity index (χ0) is 50.7. The van der Waals surface area contributed by atoms with Crippen LogP contribution in [0.15, 0.2) is 24.3 Å². The Morgan fingerprint density at radius 1 is 0.819 bits per heavy atom. The maximum Gasteiger partial charge on any atom is 1.00 e. The number of aliphatic hydroxyl groups excluding tert-OH is 6. The summed E-state index contributed by atoms with van der Waals surface area (Å²) in [5, 5.41) is 83.8. The molecule has 0 saturated carbocycles. The third-order valence-corrected chi connectivity index (χ3v) is 14.4. The Morgan fingerprint density at radius 3 is 1.96 bits per heavy atom. The Kier molecular flexibility index (Phi) is 34.4. The molecule has 3 aliphatic heterocycles. The average Bonchev–Trinajstić information content (AvgIpc) is 3.76. The van der Waals surface area contributed by atoms with E-state index in [0.29, 0.717) is 29.5 Å². The Labute approximate surface area is 510 Å². The minimum Gasteiger partial charge on any atom is -0.726 e. The van der Waals surface area contributed by atoms with E-state index < -0.39 is 149 Å². The number of unbranched alkanes of at least 4 members (excludes halogenated alkanes) is 1. The molecule has 38 heteroatoms. The summed E-state index contributed by atoms with van der Waals surface area (Å²) in [4.78, 5) is 36.9. The third kappa shape index (κ3) is 24.4. The molecule has 3 saturated heterocycles. The molecule has 390 valence electrons. The normalized spacial score (nSPS) is 28.2. The van der Waals surface area contributed by atoms with Crippen molar-refractivity contribution in [2.75, 3.05) is 36.1 Å². The van der Waals surface area contributed by atoms with E-state index >= 15 is 0 Å². The maximum absolute atomic E-state index is 12.5. The van der Waals surface area contributed by atoms with Gasteiger partial charge in [0.1, 0.15) is 61.0 Å². The van der Waals surface area contributed by atoms with E-state index in [1.54, 1.807) is 18.2 Å². The van der Waals surface area contributed by atoms with Crippen LogP contribution in [0.2, 0.25) is 0 Å². The second-order valence-electron chi connectivity index (χ2n) is 15.2. The van der Waals surface area contributed by atoms with Crippen LogP contribution in [0.1, 0.15) is 39.0 Å². The molecule has 0 radical (unpaired) electrons. The minimum absolute atomic E-state index is 0. The molecule has 0 aliphatic carbocycles. The van der Waals surface area contributed by atoms with E-state index in [9.17, 15) is 89.0 Å². The predicted molar refractivity (Wildman–Crippen MR) is 222 cm³/mol. The van der Waals surface area contributed by atoms with Crippen molar-refractivity contribution in [2.24, 2.45) is 0 Å². The molecular formula is C34H49N3Na4O26S5. The molecule has 1 aromatic carbocycles. The zero-order valence-electron chi connectivity index (χ0n) is 39.2. The summed E-state index contributed by atoms with van der Waals surface area (Å²) in [5.74, 6) is -2.66. The number of ether oxygens (including phenoxy) is 4. The van der Waals surface area contributed by atoms with Gasteiger partial charge in [0.25, 0.3) is 0 Å². The van der Waals surface area contributed by atoms with Crippen molar-refractivity contribution in [1.82, 2.24) is 5.32 Å². The summed E-state index contributed by atoms with van der Waals surface area (Å²) in [6.07, 6.45) is -28.6. The van der Waals surface area contributed by atoms with Gasteiger partial charge in [-0.1, -0.05) is 34.1 Å². The first-order valence-electron chi connectivity index (χ1n) is 20.1. The molecule has 0 bridgehead atoms. The second kappa shape index (κ2) is 33.8. The number of hydrogen-bond acceptors (Lipinski definition) is 29. The fraction of sp³-hybridized carbons (Fsp3) is 0.735. The molecule has 2 amide bonds. The summed E-state index contributed by atoms with van der Waals surface area (Å²) in [6, 6.07) is 4.12. The van der Waals surface area contributed by atoms with Crippen LogP contribution in [-0.2, 0) is 77.1 Å². The van der Waals surface area contributed by atoms with Gasteiger partial charge in [0.15, 0.2) is 18.7 Å². The van der Waals surface area contributed by atoms with E-state index in [2.05, 4.69) is 28.5 Å². The number of nitrogens with one attached hydrogen (secondary N) is 3. The molecule has 3 heterocycles. The first-order chi connectivity index (χ1) is 31.7. The van der Waals surface area contributed by atoms with Crippen LogP contribution in [0.25, 0.3) is 0 Å². The Bertz CT molecular complexity index is 2190. The van der Waals surface area contributed by atoms with E-state index in [1.807, 2.05) is 21.6 Å². The molecule has 0 spiro atoms. The molecule has 4 rings (SSSR count). The number of carboxylic acids is 1. The number of hydrogen-bond donors (Lipinski definition) is 9. The number of aliphatic carboxylic acids is 1. The Balaban J connectivity index is 0.0000126. The van der Waals surface area contributed by atoms with Crippen LogP contribution in [-0.4, -0.2) is 204 Å². The number of rotatable bonds is 26. The van der Waals surface area contributed by atoms with Crippen molar-refractivity contribution in [1.29, 1.82) is 0 Å². The van der Waals surface area contributed by atoms with Gasteiger partial charge in [-0.3, -0.25) is 22.1 Å². The maximum atomic E-state index is 12.5. The van der Waals surface area contributed by atoms with Gasteiger partial charge in [-0.25, -0.2) is 25.3 Å². The number of carboxylic acid groups (broad SMARTS) is 1. The van der Waals surface area contributed by atoms with Crippen LogP contribution < -0.4 is 139 Å². The van der Waals surface area contributed by atoms with Crippen molar-refractivity contribution in [3.05, 3.63) is 24.3 Å². The van der Waals surface area contributed by atoms with Crippen molar-refractivity contribution in [3.63, 3.8) is 0 Å². The number of aliphatic hydroxyl groups is 6. The minimum atomic E-state index is -6.12. The summed E-state index contributed by atoms with van der Waals surface area (Å²) in [7, 11) is -14.4. The monoisotopic (exact) mass is 1170 g/mol. The number of carbonyl (C=O) groups is 3. The second-order valence-corrected chi connectivity index (χ2v) is 21.0. The molecule has 3 aliphatic rings. The zero-order valence-corrected chi connectivity index (χ0v) is 51.3. The van der Waals surface area contributed by atoms with Gasteiger partial charge in [-0.2, -0.15) is 0 Å². The molecule has 1 aromatic rings. The van der Waals surface area contributed by atoms with Gasteiger partial charge in [0.2, 0.25) is 43.0 Å². The summed E-state index contributed by atoms with van der Waals surface area (Å²) in [6.45, 7) is -2.20. The molecule has 29 nitrogen and oxygen atoms in total. The Hall–Kier alpha value is 1.34. The van der Waals surface area contributed by atoms with Gasteiger partial charge in [-0.15, -0.1) is 0 Å². The van der Waals surface area contributed by atoms with Crippen LogP contribution in [0.5, 0.6) is 0 Å². The van der Waals surface area contributed by atoms with Crippen molar-refractivity contribution in [3.8, 4) is 0 Å². The fourth-order valence-corrected chi connectivity index (χ4v) is 11.5. The molecule has 9 N–H and O–H groups in total. The molecular weight excluding hydrogens is 1120 g/mol. The molecule has 1 unspecified atom stereocenters. The van der Waals surface area contributed by atoms with Crippen molar-refractivity contribution >= 4 is 81.9 Å². The molecule has 3 fully saturated rings. The van der Waals surface area contributed by atoms with E-state index in [4.69, 9.17) is 18.9 Å². The smallest absolute Gasteiger partial charge is 0.726 e. The standard InChI is InChI=1S/C34H53N3O26S5.4Na/c1-15(39)36-23-28(59-34-31(63-68(54,55)56)29(62-67(51,52)53)26(45)30(60-34)32(46)47)27(61-66(48,49)50)21(13-38)58-33(23)57-14-20(41)25(44)24(43)19(40)12-35-16-5-4-6-17(11-16)37-22(42)8-3-2-7-18-9-10-64-65-18;;;;/h4-6,11,18-21,23-31,33-35,38,40-41,43-45H,2-3,7-10,12-14H2,1H3,(H,36,39)(H,37,42)(H,46,47)(H,48,49,50)(H,51,52,53)(H,54,55,56);;;;/q;4*+1/p-4/t18?,19-,20+,21+,23+,24+,25+,26-,27-,28+,29-,30-,31+,33-,34+;;;;/m0..../s1. The van der Waals surface area contributed by atoms with Gasteiger partial charge in [-0.05, 0) is 37.5 Å². The topological polar surface area (TPSA) is 468 Å². The third-order valence-electron chi connectivity index (χ3n) is 10.1. The van der Waals surface area contributed by atoms with Crippen LogP contribution >= 0.6 is 21.6 Å². The van der Waals surface area contributed by atoms with Gasteiger partial charge in [0.05, 0.1) is 25.3 Å². The number of carbonyl (C=O) groups excluding carboxylic acids is 3. The predicted octanol–water partition coefficient (Wildman–Crippen LogP) is -17.8. The SMILES string of the molecule is CC(=O)N[C@H]1[C@@H](OC[C@@H](O)[C@@H](O)[C@H](O)[C@@H](O)CNc2cccc(NC(=O)CCCCC3CCSS3)c2)O[C@H](CO)[C@H](OS(=O)(=O)[O-])[C@@H]1O[C@@H]1O[C@H](C(=O)[O-])[C@@H](O)[C@H](OS(=O)(=O)[O-])[C@H]1OS(=O)(=O)[O-].[Na+].[Na+].[Na+].[Na+]. The fourth-order valence-electron chi connectivity index (χ4n) is 7.00. The van der Waals surface area contributed by atoms with Crippen molar-refractivity contribution in [2.45, 2.75) is 130 Å². The Morgan fingerprint density at radius 2 is 1.40 bits per heavy atom. The summed E-state index contributed by atoms with van der Waals surface area (Å²) < 4.78 is 140. The first-order valence-corrected chi connectivity index (χ1v) is 26.5. The summed E-state index contributed by atoms with van der Waals surface area (Å²) in [5.41, 5.74) is 0.777. The van der Waals surface area contributed by atoms with Gasteiger partial charge < -0.3 is 89.1 Å². The van der Waals surface area contributed by atoms with Crippen molar-refractivity contribution < 1.29 is 239 Å². The largest absolute Gasteiger partial charge is 1.00 e. The molecule has 72 heavy (non-hydrogen) atoms. The van der Waals surface area contributed by atoms with Crippen LogP contribution in [0, 0.1) is 0 Å². The van der Waals surface area contributed by atoms with E-state index in [0.717, 1.165) is 31.9 Å². The molecule has 0 aromatic heterocycles. The van der Waals surface area contributed by atoms with Gasteiger partial charge >= 0.3 is 118 Å². The quantitative estimate of drug-likeness (QED) is 0.0137. The summed E-state index contributed by atoms with van der Waals surface area (Å²) >= 11 is 0. The van der Waals surface area contributed by atoms with Gasteiger partial charge in [0, 0.05) is 42.3 Å². The van der Waals surface area contributed by atoms with E-state index in [-0.39, 0.29) is 124 Å². The number of amides is 2. The first kappa shape index (κ1) is 73.3. The number of benzene rings is 1.